The van der Waals surface area contributed by atoms with E-state index in [0.29, 0.717) is 28.7 Å². The number of rotatable bonds is 4. The Morgan fingerprint density at radius 1 is 0.862 bits per heavy atom. The Balaban J connectivity index is 1.73. The van der Waals surface area contributed by atoms with Gasteiger partial charge in [-0.05, 0) is 46.5 Å². The molecule has 0 radical (unpaired) electrons. The zero-order valence-corrected chi connectivity index (χ0v) is 16.3. The standard InChI is InChI=1S/C22H20O7/c1-24-17-6-12(7-18(25-2)21(17)26-3)19-14-8-16-15(28-10-29-16)5-11(14)4-13-9-27-22(23)20(13)19/h4-8,19-20H,9-10H2,1-3H3/t19-,20+/m0/s1. The van der Waals surface area contributed by atoms with Crippen LogP contribution in [0, 0.1) is 5.92 Å². The molecule has 2 aliphatic heterocycles. The molecule has 29 heavy (non-hydrogen) atoms. The Bertz CT molecular complexity index is 1010. The molecule has 0 unspecified atom stereocenters. The average molecular weight is 396 g/mol. The molecule has 0 aromatic heterocycles. The SMILES string of the molecule is COc1cc([C@H]2c3cc4c(cc3C=C3COC(=O)[C@H]32)OCO4)cc(OC)c1OC. The number of carbonyl (C=O) groups is 1. The highest BCUT2D eigenvalue weighted by molar-refractivity contribution is 5.86. The van der Waals surface area contributed by atoms with Crippen molar-refractivity contribution in [2.75, 3.05) is 34.7 Å². The second-order valence-corrected chi connectivity index (χ2v) is 7.08. The molecule has 0 amide bonds. The van der Waals surface area contributed by atoms with Crippen molar-refractivity contribution in [3.05, 3.63) is 46.5 Å². The fraction of sp³-hybridized carbons (Fsp3) is 0.318. The van der Waals surface area contributed by atoms with Crippen LogP contribution in [-0.2, 0) is 9.53 Å². The smallest absolute Gasteiger partial charge is 0.314 e. The molecule has 7 heteroatoms. The lowest BCUT2D eigenvalue weighted by Gasteiger charge is -2.29. The zero-order valence-electron chi connectivity index (χ0n) is 16.3. The van der Waals surface area contributed by atoms with Gasteiger partial charge in [-0.15, -0.1) is 0 Å². The van der Waals surface area contributed by atoms with Crippen LogP contribution in [0.1, 0.15) is 22.6 Å². The number of carbonyl (C=O) groups excluding carboxylic acids is 1. The molecule has 1 saturated heterocycles. The van der Waals surface area contributed by atoms with Crippen LogP contribution in [0.2, 0.25) is 0 Å². The summed E-state index contributed by atoms with van der Waals surface area (Å²) >= 11 is 0. The van der Waals surface area contributed by atoms with Gasteiger partial charge in [0, 0.05) is 5.92 Å². The lowest BCUT2D eigenvalue weighted by Crippen LogP contribution is -2.24. The normalized spacial score (nSPS) is 21.1. The van der Waals surface area contributed by atoms with Crippen LogP contribution in [0.15, 0.2) is 29.8 Å². The van der Waals surface area contributed by atoms with Crippen molar-refractivity contribution in [1.82, 2.24) is 0 Å². The molecule has 5 rings (SSSR count). The topological polar surface area (TPSA) is 72.5 Å². The molecule has 0 spiro atoms. The van der Waals surface area contributed by atoms with E-state index < -0.39 is 5.92 Å². The van der Waals surface area contributed by atoms with Crippen LogP contribution in [0.25, 0.3) is 6.08 Å². The van der Waals surface area contributed by atoms with E-state index in [0.717, 1.165) is 22.3 Å². The Morgan fingerprint density at radius 2 is 1.55 bits per heavy atom. The molecule has 0 bridgehead atoms. The van der Waals surface area contributed by atoms with E-state index in [-0.39, 0.29) is 25.3 Å². The number of hydrogen-bond donors (Lipinski definition) is 0. The maximum Gasteiger partial charge on any atom is 0.314 e. The van der Waals surface area contributed by atoms with Crippen molar-refractivity contribution in [2.24, 2.45) is 5.92 Å². The summed E-state index contributed by atoms with van der Waals surface area (Å²) in [5, 5.41) is 0. The summed E-state index contributed by atoms with van der Waals surface area (Å²) in [6.45, 7) is 0.480. The summed E-state index contributed by atoms with van der Waals surface area (Å²) in [6, 6.07) is 7.67. The number of fused-ring (bicyclic) bond motifs is 3. The van der Waals surface area contributed by atoms with Crippen molar-refractivity contribution < 1.29 is 33.2 Å². The molecule has 150 valence electrons. The van der Waals surface area contributed by atoms with E-state index in [1.165, 1.54) is 0 Å². The highest BCUT2D eigenvalue weighted by Crippen LogP contribution is 2.51. The third kappa shape index (κ3) is 2.61. The molecule has 0 N–H and O–H groups in total. The molecule has 2 heterocycles. The fourth-order valence-corrected chi connectivity index (χ4v) is 4.37. The Labute approximate surface area is 167 Å². The van der Waals surface area contributed by atoms with Crippen molar-refractivity contribution in [3.63, 3.8) is 0 Å². The lowest BCUT2D eigenvalue weighted by molar-refractivity contribution is -0.141. The molecule has 3 aliphatic rings. The lowest BCUT2D eigenvalue weighted by atomic mass is 9.72. The Kier molecular flexibility index (Phi) is 4.04. The molecule has 1 fully saturated rings. The van der Waals surface area contributed by atoms with Gasteiger partial charge in [-0.1, -0.05) is 6.08 Å². The van der Waals surface area contributed by atoms with Gasteiger partial charge < -0.3 is 28.4 Å². The first kappa shape index (κ1) is 17.7. The van der Waals surface area contributed by atoms with Crippen LogP contribution in [0.5, 0.6) is 28.7 Å². The summed E-state index contributed by atoms with van der Waals surface area (Å²) in [6.07, 6.45) is 2.02. The van der Waals surface area contributed by atoms with Gasteiger partial charge >= 0.3 is 5.97 Å². The van der Waals surface area contributed by atoms with Gasteiger partial charge in [-0.25, -0.2) is 0 Å². The summed E-state index contributed by atoms with van der Waals surface area (Å²) in [7, 11) is 4.71. The number of methoxy groups -OCH3 is 3. The van der Waals surface area contributed by atoms with Crippen molar-refractivity contribution in [2.45, 2.75) is 5.92 Å². The summed E-state index contributed by atoms with van der Waals surface area (Å²) < 4.78 is 33.0. The Morgan fingerprint density at radius 3 is 2.21 bits per heavy atom. The molecular formula is C22H20O7. The minimum atomic E-state index is -0.411. The van der Waals surface area contributed by atoms with Gasteiger partial charge in [0.2, 0.25) is 12.5 Å². The van der Waals surface area contributed by atoms with Gasteiger partial charge in [-0.3, -0.25) is 4.79 Å². The third-order valence-corrected chi connectivity index (χ3v) is 5.67. The summed E-state index contributed by atoms with van der Waals surface area (Å²) in [5.41, 5.74) is 3.77. The molecule has 1 aliphatic carbocycles. The van der Waals surface area contributed by atoms with Gasteiger partial charge in [0.25, 0.3) is 0 Å². The summed E-state index contributed by atoms with van der Waals surface area (Å²) in [5.74, 6) is 2.02. The fourth-order valence-electron chi connectivity index (χ4n) is 4.37. The molecule has 2 aromatic rings. The van der Waals surface area contributed by atoms with Crippen LogP contribution in [-0.4, -0.2) is 40.7 Å². The second-order valence-electron chi connectivity index (χ2n) is 7.08. The van der Waals surface area contributed by atoms with Gasteiger partial charge in [-0.2, -0.15) is 0 Å². The maximum absolute atomic E-state index is 12.7. The number of benzene rings is 2. The highest BCUT2D eigenvalue weighted by atomic mass is 16.7. The van der Waals surface area contributed by atoms with Gasteiger partial charge in [0.05, 0.1) is 27.2 Å². The van der Waals surface area contributed by atoms with Gasteiger partial charge in [0.1, 0.15) is 6.61 Å². The van der Waals surface area contributed by atoms with E-state index in [1.807, 2.05) is 30.3 Å². The monoisotopic (exact) mass is 396 g/mol. The van der Waals surface area contributed by atoms with Crippen LogP contribution in [0.4, 0.5) is 0 Å². The first-order valence-electron chi connectivity index (χ1n) is 9.25. The molecular weight excluding hydrogens is 376 g/mol. The van der Waals surface area contributed by atoms with Crippen molar-refractivity contribution in [3.8, 4) is 28.7 Å². The van der Waals surface area contributed by atoms with E-state index >= 15 is 0 Å². The molecule has 7 nitrogen and oxygen atoms in total. The van der Waals surface area contributed by atoms with E-state index in [9.17, 15) is 4.79 Å². The van der Waals surface area contributed by atoms with Crippen LogP contribution in [0.3, 0.4) is 0 Å². The highest BCUT2D eigenvalue weighted by Gasteiger charge is 2.44. The van der Waals surface area contributed by atoms with E-state index in [1.54, 1.807) is 21.3 Å². The van der Waals surface area contributed by atoms with Crippen molar-refractivity contribution in [1.29, 1.82) is 0 Å². The van der Waals surface area contributed by atoms with Crippen molar-refractivity contribution >= 4 is 12.0 Å². The number of cyclic esters (lactones) is 1. The molecule has 2 atom stereocenters. The maximum atomic E-state index is 12.7. The van der Waals surface area contributed by atoms with Crippen LogP contribution >= 0.6 is 0 Å². The largest absolute Gasteiger partial charge is 0.493 e. The average Bonchev–Trinajstić information content (AvgIpc) is 3.35. The van der Waals surface area contributed by atoms with Gasteiger partial charge in [0.15, 0.2) is 23.0 Å². The predicted molar refractivity (Wildman–Crippen MR) is 103 cm³/mol. The molecule has 2 aromatic carbocycles. The number of esters is 1. The summed E-state index contributed by atoms with van der Waals surface area (Å²) in [4.78, 5) is 12.7. The minimum Gasteiger partial charge on any atom is -0.493 e. The van der Waals surface area contributed by atoms with Crippen LogP contribution < -0.4 is 23.7 Å². The minimum absolute atomic E-state index is 0.190. The first-order valence-corrected chi connectivity index (χ1v) is 9.25. The number of ether oxygens (including phenoxy) is 6. The third-order valence-electron chi connectivity index (χ3n) is 5.67. The quantitative estimate of drug-likeness (QED) is 0.735. The Hall–Kier alpha value is -3.35. The first-order chi connectivity index (χ1) is 14.1. The van der Waals surface area contributed by atoms with E-state index in [4.69, 9.17) is 28.4 Å². The molecule has 0 saturated carbocycles. The second kappa shape index (κ2) is 6.62. The predicted octanol–water partition coefficient (Wildman–Crippen LogP) is 3.14. The van der Waals surface area contributed by atoms with E-state index in [2.05, 4.69) is 0 Å². The zero-order chi connectivity index (χ0) is 20.1. The number of hydrogen-bond acceptors (Lipinski definition) is 7.